The lowest BCUT2D eigenvalue weighted by molar-refractivity contribution is -0.149. The topological polar surface area (TPSA) is 95.8 Å². The first-order valence-corrected chi connectivity index (χ1v) is 12.9. The van der Waals surface area contributed by atoms with E-state index < -0.39 is 11.6 Å². The highest BCUT2D eigenvalue weighted by Crippen LogP contribution is 2.70. The lowest BCUT2D eigenvalue weighted by Gasteiger charge is -2.58. The van der Waals surface area contributed by atoms with Crippen LogP contribution in [0.1, 0.15) is 72.6 Å². The minimum Gasteiger partial charge on any atom is -0.464 e. The molecule has 0 saturated heterocycles. The number of hydrogen-bond donors (Lipinski definition) is 0. The molecule has 0 radical (unpaired) electrons. The van der Waals surface area contributed by atoms with Crippen molar-refractivity contribution < 1.29 is 28.7 Å². The Morgan fingerprint density at radius 3 is 2.60 bits per heavy atom. The van der Waals surface area contributed by atoms with E-state index in [4.69, 9.17) is 19.1 Å². The Bertz CT molecular complexity index is 1020. The van der Waals surface area contributed by atoms with Gasteiger partial charge in [-0.3, -0.25) is 4.79 Å². The Kier molecular flexibility index (Phi) is 5.80. The molecule has 0 unspecified atom stereocenters. The van der Waals surface area contributed by atoms with Gasteiger partial charge in [0.1, 0.15) is 18.9 Å². The van der Waals surface area contributed by atoms with Crippen molar-refractivity contribution in [2.45, 2.75) is 84.3 Å². The van der Waals surface area contributed by atoms with Crippen molar-refractivity contribution in [2.75, 3.05) is 14.2 Å². The molecule has 0 aromatic heterocycles. The number of rotatable bonds is 4. The number of esters is 2. The molecule has 0 N–H and O–H groups in total. The van der Waals surface area contributed by atoms with E-state index in [2.05, 4.69) is 30.2 Å². The van der Waals surface area contributed by atoms with Crippen molar-refractivity contribution >= 4 is 23.4 Å². The number of fused-ring (bicyclic) bond motifs is 7. The van der Waals surface area contributed by atoms with Crippen LogP contribution in [0.3, 0.4) is 0 Å². The second kappa shape index (κ2) is 8.34. The molecular formula is C27H38N2O6. The Balaban J connectivity index is 1.51. The normalized spacial score (nSPS) is 43.9. The molecule has 1 aliphatic heterocycles. The van der Waals surface area contributed by atoms with Gasteiger partial charge in [0.2, 0.25) is 0 Å². The summed E-state index contributed by atoms with van der Waals surface area (Å²) in [5.41, 5.74) is 1.63. The van der Waals surface area contributed by atoms with E-state index in [1.165, 1.54) is 26.7 Å². The number of oxime groups is 2. The first-order chi connectivity index (χ1) is 16.6. The van der Waals surface area contributed by atoms with Gasteiger partial charge in [-0.2, -0.15) is 0 Å². The second-order valence-electron chi connectivity index (χ2n) is 11.6. The third-order valence-electron chi connectivity index (χ3n) is 10.4. The molecule has 0 bridgehead atoms. The molecule has 8 atom stereocenters. The van der Waals surface area contributed by atoms with Gasteiger partial charge in [-0.15, -0.1) is 0 Å². The predicted molar refractivity (Wildman–Crippen MR) is 130 cm³/mol. The minimum absolute atomic E-state index is 0.00790. The van der Waals surface area contributed by atoms with Crippen LogP contribution in [0.15, 0.2) is 22.0 Å². The maximum absolute atomic E-state index is 12.7. The largest absolute Gasteiger partial charge is 0.464 e. The number of carbonyl (C=O) groups excluding carboxylic acids is 2. The van der Waals surface area contributed by atoms with Gasteiger partial charge in [-0.1, -0.05) is 35.8 Å². The zero-order valence-corrected chi connectivity index (χ0v) is 21.8. The van der Waals surface area contributed by atoms with Crippen molar-refractivity contribution in [3.05, 3.63) is 11.6 Å². The van der Waals surface area contributed by atoms with E-state index in [0.717, 1.165) is 50.7 Å². The van der Waals surface area contributed by atoms with Crippen LogP contribution in [0.4, 0.5) is 0 Å². The van der Waals surface area contributed by atoms with Crippen molar-refractivity contribution in [2.24, 2.45) is 44.8 Å². The molecule has 3 saturated carbocycles. The summed E-state index contributed by atoms with van der Waals surface area (Å²) in [4.78, 5) is 35.7. The van der Waals surface area contributed by atoms with Crippen molar-refractivity contribution in [3.8, 4) is 0 Å². The van der Waals surface area contributed by atoms with Gasteiger partial charge in [-0.25, -0.2) is 4.79 Å². The number of ether oxygens (including phenoxy) is 2. The van der Waals surface area contributed by atoms with Crippen molar-refractivity contribution in [1.29, 1.82) is 0 Å². The van der Waals surface area contributed by atoms with Crippen LogP contribution < -0.4 is 0 Å². The highest BCUT2D eigenvalue weighted by atomic mass is 16.7. The summed E-state index contributed by atoms with van der Waals surface area (Å²) in [6.45, 7) is 8.15. The Labute approximate surface area is 207 Å². The van der Waals surface area contributed by atoms with Gasteiger partial charge in [0, 0.05) is 18.8 Å². The van der Waals surface area contributed by atoms with Crippen molar-refractivity contribution in [1.82, 2.24) is 0 Å². The van der Waals surface area contributed by atoms with Crippen LogP contribution >= 0.6 is 0 Å². The summed E-state index contributed by atoms with van der Waals surface area (Å²) in [6.07, 6.45) is 9.06. The third kappa shape index (κ3) is 3.23. The van der Waals surface area contributed by atoms with Crippen LogP contribution in [0.25, 0.3) is 0 Å². The molecule has 0 aromatic rings. The SMILES string of the molecule is CO/N=C(/C)[C@@]12ON=C(C(=O)OC)[C@H]1C[C@H]1[C@H]3CC=C4C[C@@H](OC(C)=O)CC[C@]4(C)[C@@H]3CC[C@@]12C. The lowest BCUT2D eigenvalue weighted by atomic mass is 9.46. The quantitative estimate of drug-likeness (QED) is 0.253. The predicted octanol–water partition coefficient (Wildman–Crippen LogP) is 4.43. The molecule has 0 amide bonds. The van der Waals surface area contributed by atoms with E-state index >= 15 is 0 Å². The zero-order valence-electron chi connectivity index (χ0n) is 21.8. The molecule has 0 spiro atoms. The van der Waals surface area contributed by atoms with Gasteiger partial charge >= 0.3 is 11.9 Å². The summed E-state index contributed by atoms with van der Waals surface area (Å²) >= 11 is 0. The number of allylic oxidation sites excluding steroid dienone is 1. The highest BCUT2D eigenvalue weighted by Gasteiger charge is 2.74. The molecule has 35 heavy (non-hydrogen) atoms. The molecule has 8 nitrogen and oxygen atoms in total. The summed E-state index contributed by atoms with van der Waals surface area (Å²) < 4.78 is 10.7. The van der Waals surface area contributed by atoms with Gasteiger partial charge in [-0.05, 0) is 68.6 Å². The highest BCUT2D eigenvalue weighted by molar-refractivity contribution is 6.38. The van der Waals surface area contributed by atoms with Crippen LogP contribution in [0.5, 0.6) is 0 Å². The van der Waals surface area contributed by atoms with Gasteiger partial charge in [0.05, 0.1) is 13.0 Å². The fourth-order valence-electron chi connectivity index (χ4n) is 8.87. The van der Waals surface area contributed by atoms with E-state index in [1.54, 1.807) is 0 Å². The molecule has 192 valence electrons. The smallest absolute Gasteiger partial charge is 0.356 e. The number of hydrogen-bond acceptors (Lipinski definition) is 8. The Morgan fingerprint density at radius 2 is 1.91 bits per heavy atom. The number of carbonyl (C=O) groups is 2. The summed E-state index contributed by atoms with van der Waals surface area (Å²) in [6, 6.07) is 0. The zero-order chi connectivity index (χ0) is 25.2. The average molecular weight is 487 g/mol. The molecule has 1 heterocycles. The molecular weight excluding hydrogens is 448 g/mol. The Hall–Kier alpha value is -2.38. The molecule has 5 aliphatic rings. The van der Waals surface area contributed by atoms with Gasteiger partial charge in [0.25, 0.3) is 0 Å². The molecule has 5 rings (SSSR count). The van der Waals surface area contributed by atoms with Gasteiger partial charge < -0.3 is 19.1 Å². The van der Waals surface area contributed by atoms with Crippen LogP contribution in [-0.2, 0) is 28.7 Å². The van der Waals surface area contributed by atoms with E-state index in [1.807, 2.05) is 6.92 Å². The summed E-state index contributed by atoms with van der Waals surface area (Å²) in [5.74, 6) is 0.550. The third-order valence-corrected chi connectivity index (χ3v) is 10.4. The van der Waals surface area contributed by atoms with E-state index in [9.17, 15) is 9.59 Å². The monoisotopic (exact) mass is 486 g/mol. The molecule has 8 heteroatoms. The number of methoxy groups -OCH3 is 1. The summed E-state index contributed by atoms with van der Waals surface area (Å²) in [7, 11) is 2.93. The fraction of sp³-hybridized carbons (Fsp3) is 0.778. The Morgan fingerprint density at radius 1 is 1.14 bits per heavy atom. The van der Waals surface area contributed by atoms with Crippen LogP contribution in [-0.4, -0.2) is 49.3 Å². The van der Waals surface area contributed by atoms with E-state index in [-0.39, 0.29) is 28.8 Å². The molecule has 4 aliphatic carbocycles. The average Bonchev–Trinajstić information content (AvgIpc) is 3.32. The summed E-state index contributed by atoms with van der Waals surface area (Å²) in [5, 5.41) is 8.59. The number of nitrogens with zero attached hydrogens (tertiary/aromatic N) is 2. The van der Waals surface area contributed by atoms with Crippen molar-refractivity contribution in [3.63, 3.8) is 0 Å². The van der Waals surface area contributed by atoms with E-state index in [0.29, 0.717) is 23.5 Å². The lowest BCUT2D eigenvalue weighted by Crippen LogP contribution is -2.59. The maximum atomic E-state index is 12.7. The van der Waals surface area contributed by atoms with Crippen LogP contribution in [0.2, 0.25) is 0 Å². The standard InChI is InChI=1S/C27H38N2O6/c1-15(28-33-6)27-22(23(29-35-27)24(31)32-5)14-21-19-8-7-17-13-18(34-16(2)30)9-11-25(17,3)20(19)10-12-26(21,27)4/h7,18-22H,8-14H2,1-6H3/b28-15-/t18-,19-,20+,21-,22+,25-,26-,27+/m0/s1. The minimum atomic E-state index is -0.806. The second-order valence-corrected chi connectivity index (χ2v) is 11.6. The molecule has 3 fully saturated rings. The first-order valence-electron chi connectivity index (χ1n) is 12.9. The first kappa shape index (κ1) is 24.3. The maximum Gasteiger partial charge on any atom is 0.356 e. The molecule has 0 aromatic carbocycles. The van der Waals surface area contributed by atoms with Crippen LogP contribution in [0, 0.1) is 34.5 Å². The van der Waals surface area contributed by atoms with Gasteiger partial charge in [0.15, 0.2) is 11.3 Å². The fourth-order valence-corrected chi connectivity index (χ4v) is 8.87.